The number of methoxy groups -OCH3 is 4. The Morgan fingerprint density at radius 2 is 1.33 bits per heavy atom. The van der Waals surface area contributed by atoms with Crippen LogP contribution in [0.15, 0.2) is 36.4 Å². The van der Waals surface area contributed by atoms with E-state index in [2.05, 4.69) is 16.4 Å². The molecule has 0 radical (unpaired) electrons. The summed E-state index contributed by atoms with van der Waals surface area (Å²) >= 11 is 0. The van der Waals surface area contributed by atoms with Crippen LogP contribution in [0.2, 0.25) is 0 Å². The molecule has 8 heteroatoms. The molecule has 0 unspecified atom stereocenters. The fraction of sp³-hybridized carbons (Fsp3) is 0.211. The molecule has 0 saturated heterocycles. The molecule has 0 aromatic heterocycles. The Labute approximate surface area is 157 Å². The summed E-state index contributed by atoms with van der Waals surface area (Å²) in [7, 11) is 5.91. The van der Waals surface area contributed by atoms with Gasteiger partial charge < -0.3 is 29.8 Å². The number of carbonyl (C=O) groups is 1. The van der Waals surface area contributed by atoms with E-state index in [1.165, 1.54) is 21.3 Å². The lowest BCUT2D eigenvalue weighted by Crippen LogP contribution is -2.32. The van der Waals surface area contributed by atoms with Gasteiger partial charge in [0.1, 0.15) is 22.8 Å². The van der Waals surface area contributed by atoms with Crippen LogP contribution in [-0.4, -0.2) is 34.4 Å². The van der Waals surface area contributed by atoms with Gasteiger partial charge in [0, 0.05) is 11.1 Å². The summed E-state index contributed by atoms with van der Waals surface area (Å²) in [5, 5.41) is 0. The molecule has 0 atom stereocenters. The standard InChI is InChI=1S/C19H21N3O5/c1-24-13-7-5-11(6-8-13)17-18(21-22-20-17)12-9-14(25-2)16(19(23)27-4)15(10-12)26-3/h5-10,20-22H,1-4H3. The molecule has 3 N–H and O–H groups in total. The monoisotopic (exact) mass is 371 g/mol. The summed E-state index contributed by atoms with van der Waals surface area (Å²) in [4.78, 5) is 12.1. The zero-order valence-corrected chi connectivity index (χ0v) is 15.5. The first-order valence-corrected chi connectivity index (χ1v) is 8.13. The third-order valence-corrected chi connectivity index (χ3v) is 4.19. The molecular formula is C19H21N3O5. The largest absolute Gasteiger partial charge is 0.497 e. The summed E-state index contributed by atoms with van der Waals surface area (Å²) in [5.74, 6) is 0.943. The number of hydrogen-bond donors (Lipinski definition) is 3. The topological polar surface area (TPSA) is 90.1 Å². The Morgan fingerprint density at radius 1 is 0.778 bits per heavy atom. The molecule has 1 heterocycles. The highest BCUT2D eigenvalue weighted by Crippen LogP contribution is 2.35. The van der Waals surface area contributed by atoms with Gasteiger partial charge in [-0.25, -0.2) is 4.79 Å². The van der Waals surface area contributed by atoms with E-state index in [1.54, 1.807) is 19.2 Å². The molecule has 0 bridgehead atoms. The molecule has 2 aromatic carbocycles. The van der Waals surface area contributed by atoms with Gasteiger partial charge in [-0.1, -0.05) is 0 Å². The van der Waals surface area contributed by atoms with Gasteiger partial charge in [-0.2, -0.15) is 0 Å². The molecule has 2 aromatic rings. The average molecular weight is 371 g/mol. The van der Waals surface area contributed by atoms with Gasteiger partial charge in [0.25, 0.3) is 0 Å². The van der Waals surface area contributed by atoms with Crippen molar-refractivity contribution < 1.29 is 23.7 Å². The van der Waals surface area contributed by atoms with Crippen molar-refractivity contribution in [2.75, 3.05) is 28.4 Å². The van der Waals surface area contributed by atoms with Crippen molar-refractivity contribution >= 4 is 17.4 Å². The van der Waals surface area contributed by atoms with Crippen LogP contribution in [-0.2, 0) is 4.74 Å². The molecule has 3 rings (SSSR count). The van der Waals surface area contributed by atoms with Gasteiger partial charge in [0.2, 0.25) is 0 Å². The summed E-state index contributed by atoms with van der Waals surface area (Å²) in [5.41, 5.74) is 12.6. The van der Waals surface area contributed by atoms with Crippen LogP contribution in [0.1, 0.15) is 21.5 Å². The minimum atomic E-state index is -0.532. The summed E-state index contributed by atoms with van der Waals surface area (Å²) in [6.45, 7) is 0. The minimum Gasteiger partial charge on any atom is -0.497 e. The molecule has 0 spiro atoms. The van der Waals surface area contributed by atoms with E-state index in [9.17, 15) is 4.79 Å². The predicted octanol–water partition coefficient (Wildman–Crippen LogP) is 1.94. The first kappa shape index (κ1) is 18.4. The Balaban J connectivity index is 2.11. The van der Waals surface area contributed by atoms with Crippen LogP contribution in [0.5, 0.6) is 17.2 Å². The Hall–Kier alpha value is -3.39. The smallest absolute Gasteiger partial charge is 0.345 e. The van der Waals surface area contributed by atoms with Gasteiger partial charge in [0.15, 0.2) is 0 Å². The maximum Gasteiger partial charge on any atom is 0.345 e. The third-order valence-electron chi connectivity index (χ3n) is 4.19. The maximum absolute atomic E-state index is 12.1. The maximum atomic E-state index is 12.1. The lowest BCUT2D eigenvalue weighted by Gasteiger charge is -2.15. The summed E-state index contributed by atoms with van der Waals surface area (Å²) in [6.07, 6.45) is 0. The van der Waals surface area contributed by atoms with Crippen molar-refractivity contribution in [3.05, 3.63) is 53.1 Å². The van der Waals surface area contributed by atoms with E-state index in [0.29, 0.717) is 11.5 Å². The molecule has 0 aliphatic carbocycles. The lowest BCUT2D eigenvalue weighted by atomic mass is 10.0. The van der Waals surface area contributed by atoms with E-state index in [4.69, 9.17) is 18.9 Å². The Kier molecular flexibility index (Phi) is 5.37. The second-order valence-corrected chi connectivity index (χ2v) is 5.60. The second-order valence-electron chi connectivity index (χ2n) is 5.60. The van der Waals surface area contributed by atoms with E-state index in [1.807, 2.05) is 24.3 Å². The van der Waals surface area contributed by atoms with Gasteiger partial charge in [-0.3, -0.25) is 0 Å². The summed E-state index contributed by atoms with van der Waals surface area (Å²) in [6, 6.07) is 11.1. The third kappa shape index (κ3) is 3.47. The van der Waals surface area contributed by atoms with Gasteiger partial charge in [0.05, 0.1) is 39.8 Å². The molecule has 27 heavy (non-hydrogen) atoms. The van der Waals surface area contributed by atoms with Crippen molar-refractivity contribution in [2.24, 2.45) is 0 Å². The number of hydrogen-bond acceptors (Lipinski definition) is 8. The molecular weight excluding hydrogens is 350 g/mol. The second kappa shape index (κ2) is 7.88. The quantitative estimate of drug-likeness (QED) is 0.664. The fourth-order valence-electron chi connectivity index (χ4n) is 2.83. The first-order valence-electron chi connectivity index (χ1n) is 8.13. The molecule has 8 nitrogen and oxygen atoms in total. The van der Waals surface area contributed by atoms with Crippen molar-refractivity contribution in [2.45, 2.75) is 0 Å². The number of ether oxygens (including phenoxy) is 4. The zero-order valence-electron chi connectivity index (χ0n) is 15.5. The SMILES string of the molecule is COC(=O)c1c(OC)cc(C2=C(c3ccc(OC)cc3)NNN2)cc1OC. The van der Waals surface area contributed by atoms with Crippen molar-refractivity contribution in [1.29, 1.82) is 0 Å². The van der Waals surface area contributed by atoms with Crippen LogP contribution in [0.25, 0.3) is 11.4 Å². The fourth-order valence-corrected chi connectivity index (χ4v) is 2.83. The number of hydrazine groups is 2. The average Bonchev–Trinajstić information content (AvgIpc) is 3.22. The molecule has 0 saturated carbocycles. The highest BCUT2D eigenvalue weighted by atomic mass is 16.5. The Morgan fingerprint density at radius 3 is 1.81 bits per heavy atom. The molecule has 0 amide bonds. The lowest BCUT2D eigenvalue weighted by molar-refractivity contribution is 0.0593. The number of nitrogens with one attached hydrogen (secondary N) is 3. The van der Waals surface area contributed by atoms with Gasteiger partial charge >= 0.3 is 5.97 Å². The highest BCUT2D eigenvalue weighted by Gasteiger charge is 2.24. The molecule has 142 valence electrons. The first-order chi connectivity index (χ1) is 13.1. The molecule has 1 aliphatic rings. The van der Waals surface area contributed by atoms with Crippen molar-refractivity contribution in [1.82, 2.24) is 16.4 Å². The van der Waals surface area contributed by atoms with Gasteiger partial charge in [-0.15, -0.1) is 5.53 Å². The zero-order chi connectivity index (χ0) is 19.4. The number of rotatable bonds is 6. The minimum absolute atomic E-state index is 0.233. The van der Waals surface area contributed by atoms with Crippen LogP contribution >= 0.6 is 0 Å². The van der Waals surface area contributed by atoms with Crippen LogP contribution in [0.3, 0.4) is 0 Å². The van der Waals surface area contributed by atoms with Crippen molar-refractivity contribution in [3.8, 4) is 17.2 Å². The van der Waals surface area contributed by atoms with Crippen LogP contribution < -0.4 is 30.6 Å². The van der Waals surface area contributed by atoms with E-state index in [0.717, 1.165) is 28.3 Å². The highest BCUT2D eigenvalue weighted by molar-refractivity contribution is 5.98. The Bertz CT molecular complexity index is 852. The number of benzene rings is 2. The molecule has 1 aliphatic heterocycles. The summed E-state index contributed by atoms with van der Waals surface area (Å²) < 4.78 is 20.8. The van der Waals surface area contributed by atoms with Crippen LogP contribution in [0.4, 0.5) is 0 Å². The normalized spacial score (nSPS) is 12.9. The van der Waals surface area contributed by atoms with E-state index < -0.39 is 5.97 Å². The van der Waals surface area contributed by atoms with Gasteiger partial charge in [-0.05, 0) is 36.4 Å². The van der Waals surface area contributed by atoms with E-state index >= 15 is 0 Å². The number of esters is 1. The van der Waals surface area contributed by atoms with Crippen LogP contribution in [0, 0.1) is 0 Å². The molecule has 0 fully saturated rings. The predicted molar refractivity (Wildman–Crippen MR) is 100 cm³/mol. The van der Waals surface area contributed by atoms with E-state index in [-0.39, 0.29) is 5.56 Å². The number of carbonyl (C=O) groups excluding carboxylic acids is 1. The van der Waals surface area contributed by atoms with Crippen molar-refractivity contribution in [3.63, 3.8) is 0 Å².